The van der Waals surface area contributed by atoms with Gasteiger partial charge < -0.3 is 20.0 Å². The lowest BCUT2D eigenvalue weighted by molar-refractivity contribution is 0.208. The zero-order chi connectivity index (χ0) is 20.9. The maximum Gasteiger partial charge on any atom is 0.321 e. The summed E-state index contributed by atoms with van der Waals surface area (Å²) in [6.45, 7) is 9.43. The summed E-state index contributed by atoms with van der Waals surface area (Å²) < 4.78 is 0. The first-order chi connectivity index (χ1) is 14.6. The number of aryl methyl sites for hydroxylation is 1. The van der Waals surface area contributed by atoms with Crippen molar-refractivity contribution < 1.29 is 4.79 Å². The van der Waals surface area contributed by atoms with Gasteiger partial charge >= 0.3 is 6.03 Å². The van der Waals surface area contributed by atoms with Crippen molar-refractivity contribution in [2.75, 3.05) is 54.4 Å². The number of carbonyl (C=O) groups is 1. The Labute approximate surface area is 179 Å². The Kier molecular flexibility index (Phi) is 6.35. The molecule has 1 N–H and O–H groups in total. The van der Waals surface area contributed by atoms with Gasteiger partial charge in [0, 0.05) is 45.0 Å². The summed E-state index contributed by atoms with van der Waals surface area (Å²) in [5, 5.41) is 11.9. The average Bonchev–Trinajstić information content (AvgIpc) is 2.80. The molecule has 0 aliphatic carbocycles. The monoisotopic (exact) mass is 408 g/mol. The summed E-state index contributed by atoms with van der Waals surface area (Å²) in [5.74, 6) is 2.66. The minimum atomic E-state index is -0.0420. The lowest BCUT2D eigenvalue weighted by Gasteiger charge is -2.35. The number of piperidine rings is 1. The van der Waals surface area contributed by atoms with E-state index in [1.165, 1.54) is 18.4 Å². The van der Waals surface area contributed by atoms with Crippen LogP contribution in [0.15, 0.2) is 36.4 Å². The Bertz CT molecular complexity index is 822. The van der Waals surface area contributed by atoms with Gasteiger partial charge in [-0.3, -0.25) is 0 Å². The predicted octanol–water partition coefficient (Wildman–Crippen LogP) is 3.63. The van der Waals surface area contributed by atoms with Gasteiger partial charge in [-0.15, -0.1) is 10.2 Å². The molecule has 2 aliphatic heterocycles. The van der Waals surface area contributed by atoms with E-state index in [9.17, 15) is 4.79 Å². The van der Waals surface area contributed by atoms with Crippen molar-refractivity contribution in [1.29, 1.82) is 0 Å². The molecule has 0 radical (unpaired) electrons. The van der Waals surface area contributed by atoms with E-state index < -0.39 is 0 Å². The number of nitrogens with zero attached hydrogens (tertiary/aromatic N) is 5. The van der Waals surface area contributed by atoms with Gasteiger partial charge in [0.25, 0.3) is 0 Å². The summed E-state index contributed by atoms with van der Waals surface area (Å²) in [5.41, 5.74) is 2.11. The van der Waals surface area contributed by atoms with E-state index in [4.69, 9.17) is 0 Å². The molecule has 4 rings (SSSR count). The molecule has 2 aliphatic rings. The minimum absolute atomic E-state index is 0.0420. The quantitative estimate of drug-likeness (QED) is 0.837. The zero-order valence-electron chi connectivity index (χ0n) is 18.0. The van der Waals surface area contributed by atoms with Gasteiger partial charge in [-0.1, -0.05) is 26.0 Å². The molecular weight excluding hydrogens is 376 g/mol. The second-order valence-corrected chi connectivity index (χ2v) is 8.37. The summed E-state index contributed by atoms with van der Waals surface area (Å²) in [7, 11) is 0. The third-order valence-corrected chi connectivity index (χ3v) is 6.25. The number of rotatable bonds is 4. The number of hydrogen-bond donors (Lipinski definition) is 1. The van der Waals surface area contributed by atoms with Crippen LogP contribution < -0.4 is 15.1 Å². The van der Waals surface area contributed by atoms with Gasteiger partial charge in [-0.05, 0) is 55.0 Å². The molecule has 3 heterocycles. The molecule has 2 fully saturated rings. The largest absolute Gasteiger partial charge is 0.355 e. The zero-order valence-corrected chi connectivity index (χ0v) is 18.0. The lowest BCUT2D eigenvalue weighted by atomic mass is 9.99. The molecule has 0 bridgehead atoms. The van der Waals surface area contributed by atoms with Crippen LogP contribution in [0.1, 0.15) is 32.3 Å². The molecule has 0 atom stereocenters. The van der Waals surface area contributed by atoms with Crippen LogP contribution in [0.3, 0.4) is 0 Å². The number of carbonyl (C=O) groups excluding carboxylic acids is 1. The van der Waals surface area contributed by atoms with Crippen molar-refractivity contribution in [2.24, 2.45) is 5.92 Å². The lowest BCUT2D eigenvalue weighted by Crippen LogP contribution is -2.50. The van der Waals surface area contributed by atoms with Crippen LogP contribution in [-0.2, 0) is 6.42 Å². The summed E-state index contributed by atoms with van der Waals surface area (Å²) in [6.07, 6.45) is 3.43. The molecule has 30 heavy (non-hydrogen) atoms. The van der Waals surface area contributed by atoms with Crippen molar-refractivity contribution in [1.82, 2.24) is 15.1 Å². The molecule has 7 nitrogen and oxygen atoms in total. The predicted molar refractivity (Wildman–Crippen MR) is 121 cm³/mol. The van der Waals surface area contributed by atoms with Gasteiger partial charge in [0.1, 0.15) is 0 Å². The van der Waals surface area contributed by atoms with E-state index in [0.29, 0.717) is 13.1 Å². The highest BCUT2D eigenvalue weighted by Gasteiger charge is 2.23. The molecule has 2 aromatic rings. The van der Waals surface area contributed by atoms with E-state index in [1.54, 1.807) is 0 Å². The first-order valence-corrected chi connectivity index (χ1v) is 11.1. The molecule has 2 saturated heterocycles. The number of amides is 2. The molecule has 7 heteroatoms. The normalized spacial score (nSPS) is 17.9. The number of hydrogen-bond acceptors (Lipinski definition) is 5. The van der Waals surface area contributed by atoms with Crippen LogP contribution in [0.4, 0.5) is 22.1 Å². The molecule has 1 aromatic heterocycles. The van der Waals surface area contributed by atoms with Gasteiger partial charge in [0.2, 0.25) is 0 Å². The van der Waals surface area contributed by atoms with E-state index >= 15 is 0 Å². The van der Waals surface area contributed by atoms with Gasteiger partial charge in [-0.2, -0.15) is 0 Å². The fourth-order valence-corrected chi connectivity index (χ4v) is 4.06. The van der Waals surface area contributed by atoms with Gasteiger partial charge in [-0.25, -0.2) is 4.79 Å². The fraction of sp³-hybridized carbons (Fsp3) is 0.522. The maximum atomic E-state index is 12.6. The van der Waals surface area contributed by atoms with Crippen molar-refractivity contribution in [3.63, 3.8) is 0 Å². The molecular formula is C23H32N6O. The van der Waals surface area contributed by atoms with E-state index in [1.807, 2.05) is 17.0 Å². The van der Waals surface area contributed by atoms with Crippen LogP contribution in [0.25, 0.3) is 0 Å². The summed E-state index contributed by atoms with van der Waals surface area (Å²) in [4.78, 5) is 19.0. The summed E-state index contributed by atoms with van der Waals surface area (Å²) >= 11 is 0. The topological polar surface area (TPSA) is 64.6 Å². The molecule has 0 unspecified atom stereocenters. The first-order valence-electron chi connectivity index (χ1n) is 11.1. The van der Waals surface area contributed by atoms with E-state index in [0.717, 1.165) is 55.8 Å². The highest BCUT2D eigenvalue weighted by molar-refractivity contribution is 5.89. The standard InChI is InChI=1S/C23H32N6O/c1-3-19-4-6-20(7-5-19)24-23(30)29-16-14-28(15-17-29)22-9-8-21(25-26-22)27-12-10-18(2)11-13-27/h4-9,18H,3,10-17H2,1-2H3,(H,24,30). The number of benzene rings is 1. The Morgan fingerprint density at radius 3 is 2.00 bits per heavy atom. The van der Waals surface area contributed by atoms with Crippen LogP contribution in [0.5, 0.6) is 0 Å². The number of nitrogens with one attached hydrogen (secondary N) is 1. The third-order valence-electron chi connectivity index (χ3n) is 6.25. The molecule has 0 spiro atoms. The Hall–Kier alpha value is -2.83. The number of anilines is 3. The Balaban J connectivity index is 1.28. The highest BCUT2D eigenvalue weighted by Crippen LogP contribution is 2.22. The Morgan fingerprint density at radius 1 is 0.900 bits per heavy atom. The second-order valence-electron chi connectivity index (χ2n) is 8.37. The van der Waals surface area contributed by atoms with Crippen molar-refractivity contribution in [3.8, 4) is 0 Å². The van der Waals surface area contributed by atoms with Crippen molar-refractivity contribution >= 4 is 23.4 Å². The minimum Gasteiger partial charge on any atom is -0.355 e. The van der Waals surface area contributed by atoms with Crippen molar-refractivity contribution in [2.45, 2.75) is 33.1 Å². The highest BCUT2D eigenvalue weighted by atomic mass is 16.2. The second kappa shape index (κ2) is 9.32. The average molecular weight is 409 g/mol. The van der Waals surface area contributed by atoms with Crippen LogP contribution >= 0.6 is 0 Å². The molecule has 160 valence electrons. The SMILES string of the molecule is CCc1ccc(NC(=O)N2CCN(c3ccc(N4CCC(C)CC4)nn3)CC2)cc1. The number of aromatic nitrogens is 2. The third kappa shape index (κ3) is 4.83. The first kappa shape index (κ1) is 20.4. The van der Waals surface area contributed by atoms with Gasteiger partial charge in [0.15, 0.2) is 11.6 Å². The Morgan fingerprint density at radius 2 is 1.47 bits per heavy atom. The van der Waals surface area contributed by atoms with Crippen LogP contribution in [-0.4, -0.2) is 60.4 Å². The molecule has 0 saturated carbocycles. The molecule has 1 aromatic carbocycles. The van der Waals surface area contributed by atoms with E-state index in [2.05, 4.69) is 63.4 Å². The molecule has 2 amide bonds. The van der Waals surface area contributed by atoms with Crippen molar-refractivity contribution in [3.05, 3.63) is 42.0 Å². The van der Waals surface area contributed by atoms with Crippen LogP contribution in [0.2, 0.25) is 0 Å². The smallest absolute Gasteiger partial charge is 0.321 e. The van der Waals surface area contributed by atoms with Gasteiger partial charge in [0.05, 0.1) is 0 Å². The number of urea groups is 1. The van der Waals surface area contributed by atoms with Crippen LogP contribution in [0, 0.1) is 5.92 Å². The summed E-state index contributed by atoms with van der Waals surface area (Å²) in [6, 6.07) is 12.1. The van der Waals surface area contributed by atoms with E-state index in [-0.39, 0.29) is 6.03 Å². The fourth-order valence-electron chi connectivity index (χ4n) is 4.06. The number of piperazine rings is 1. The maximum absolute atomic E-state index is 12.6.